The van der Waals surface area contributed by atoms with Gasteiger partial charge in [0.05, 0.1) is 0 Å². The number of unbranched alkanes of at least 4 members (excludes halogenated alkanes) is 2. The number of carbonyl (C=O) groups excluding carboxylic acids is 1. The summed E-state index contributed by atoms with van der Waals surface area (Å²) < 4.78 is 5.15. The van der Waals surface area contributed by atoms with Gasteiger partial charge in [-0.25, -0.2) is 4.79 Å². The van der Waals surface area contributed by atoms with Gasteiger partial charge in [0.1, 0.15) is 6.73 Å². The average Bonchev–Trinajstić information content (AvgIpc) is 2.27. The molecule has 0 heterocycles. The fraction of sp³-hybridized carbons (Fsp3) is 0.769. The van der Waals surface area contributed by atoms with Crippen LogP contribution < -0.4 is 0 Å². The van der Waals surface area contributed by atoms with Gasteiger partial charge in [-0.05, 0) is 19.8 Å². The number of esters is 1. The van der Waals surface area contributed by atoms with Crippen LogP contribution >= 0.6 is 0 Å². The topological polar surface area (TPSA) is 29.5 Å². The lowest BCUT2D eigenvalue weighted by atomic mass is 10.3. The van der Waals surface area contributed by atoms with Gasteiger partial charge in [-0.15, -0.1) is 0 Å². The molecule has 0 unspecified atom stereocenters. The van der Waals surface area contributed by atoms with Crippen molar-refractivity contribution in [3.63, 3.8) is 0 Å². The highest BCUT2D eigenvalue weighted by molar-refractivity contribution is 5.86. The molecule has 0 bridgehead atoms. The largest absolute Gasteiger partial charge is 0.446 e. The highest BCUT2D eigenvalue weighted by Crippen LogP contribution is 2.01. The van der Waals surface area contributed by atoms with Crippen molar-refractivity contribution < 1.29 is 9.53 Å². The summed E-state index contributed by atoms with van der Waals surface area (Å²) in [6.07, 6.45) is 4.62. The van der Waals surface area contributed by atoms with Gasteiger partial charge < -0.3 is 4.74 Å². The van der Waals surface area contributed by atoms with Gasteiger partial charge >= 0.3 is 5.97 Å². The molecule has 0 radical (unpaired) electrons. The van der Waals surface area contributed by atoms with Crippen molar-refractivity contribution in [2.45, 2.75) is 46.5 Å². The molecule has 0 amide bonds. The molecule has 0 spiro atoms. The standard InChI is InChI=1S/C13H25NO2/c1-5-7-9-14(10-8-6-2)11-16-13(15)12(3)4/h3,5-11H2,1-2,4H3. The molecular weight excluding hydrogens is 202 g/mol. The summed E-state index contributed by atoms with van der Waals surface area (Å²) in [7, 11) is 0. The lowest BCUT2D eigenvalue weighted by Crippen LogP contribution is -2.30. The maximum atomic E-state index is 11.2. The van der Waals surface area contributed by atoms with Crippen LogP contribution in [0.5, 0.6) is 0 Å². The van der Waals surface area contributed by atoms with Crippen molar-refractivity contribution in [3.05, 3.63) is 12.2 Å². The Morgan fingerprint density at radius 1 is 1.19 bits per heavy atom. The number of hydrogen-bond donors (Lipinski definition) is 0. The van der Waals surface area contributed by atoms with Crippen LogP contribution in [0.2, 0.25) is 0 Å². The molecule has 94 valence electrons. The molecule has 0 aliphatic carbocycles. The number of rotatable bonds is 9. The zero-order valence-electron chi connectivity index (χ0n) is 10.9. The highest BCUT2D eigenvalue weighted by Gasteiger charge is 2.08. The lowest BCUT2D eigenvalue weighted by Gasteiger charge is -2.21. The van der Waals surface area contributed by atoms with Gasteiger partial charge in [-0.1, -0.05) is 33.3 Å². The number of nitrogens with zero attached hydrogens (tertiary/aromatic N) is 1. The van der Waals surface area contributed by atoms with E-state index in [0.29, 0.717) is 12.3 Å². The van der Waals surface area contributed by atoms with Crippen molar-refractivity contribution in [1.29, 1.82) is 0 Å². The Hall–Kier alpha value is -0.830. The van der Waals surface area contributed by atoms with Crippen LogP contribution in [0.4, 0.5) is 0 Å². The summed E-state index contributed by atoms with van der Waals surface area (Å²) in [4.78, 5) is 13.4. The minimum atomic E-state index is -0.294. The molecule has 0 aromatic heterocycles. The summed E-state index contributed by atoms with van der Waals surface area (Å²) in [5, 5.41) is 0. The van der Waals surface area contributed by atoms with Crippen molar-refractivity contribution in [3.8, 4) is 0 Å². The highest BCUT2D eigenvalue weighted by atomic mass is 16.5. The summed E-state index contributed by atoms with van der Waals surface area (Å²) in [5.41, 5.74) is 0.464. The minimum Gasteiger partial charge on any atom is -0.446 e. The molecule has 0 saturated carbocycles. The quantitative estimate of drug-likeness (QED) is 0.344. The molecule has 0 aliphatic rings. The second kappa shape index (κ2) is 9.40. The van der Waals surface area contributed by atoms with E-state index in [0.717, 1.165) is 38.8 Å². The monoisotopic (exact) mass is 227 g/mol. The molecule has 16 heavy (non-hydrogen) atoms. The first-order valence-electron chi connectivity index (χ1n) is 6.16. The maximum absolute atomic E-state index is 11.2. The van der Waals surface area contributed by atoms with E-state index in [2.05, 4.69) is 25.3 Å². The molecule has 0 N–H and O–H groups in total. The van der Waals surface area contributed by atoms with E-state index < -0.39 is 0 Å². The smallest absolute Gasteiger partial charge is 0.334 e. The van der Waals surface area contributed by atoms with Gasteiger partial charge in [-0.3, -0.25) is 4.90 Å². The van der Waals surface area contributed by atoms with Crippen LogP contribution in [0.3, 0.4) is 0 Å². The van der Waals surface area contributed by atoms with Crippen LogP contribution in [0, 0.1) is 0 Å². The first-order chi connectivity index (χ1) is 7.61. The van der Waals surface area contributed by atoms with Gasteiger partial charge in [0.2, 0.25) is 0 Å². The van der Waals surface area contributed by atoms with E-state index in [1.165, 1.54) is 0 Å². The Kier molecular flexibility index (Phi) is 8.91. The summed E-state index contributed by atoms with van der Waals surface area (Å²) in [6.45, 7) is 12.0. The van der Waals surface area contributed by atoms with E-state index in [-0.39, 0.29) is 5.97 Å². The second-order valence-electron chi connectivity index (χ2n) is 4.17. The van der Waals surface area contributed by atoms with Crippen LogP contribution in [0.25, 0.3) is 0 Å². The second-order valence-corrected chi connectivity index (χ2v) is 4.17. The Labute approximate surface area is 99.5 Å². The molecule has 0 aliphatic heterocycles. The number of hydrogen-bond acceptors (Lipinski definition) is 3. The van der Waals surface area contributed by atoms with Gasteiger partial charge in [0.15, 0.2) is 0 Å². The van der Waals surface area contributed by atoms with Gasteiger partial charge in [0.25, 0.3) is 0 Å². The Morgan fingerprint density at radius 3 is 2.06 bits per heavy atom. The number of carbonyl (C=O) groups is 1. The molecule has 3 heteroatoms. The third-order valence-electron chi connectivity index (χ3n) is 2.38. The van der Waals surface area contributed by atoms with Crippen molar-refractivity contribution >= 4 is 5.97 Å². The van der Waals surface area contributed by atoms with Crippen molar-refractivity contribution in [2.75, 3.05) is 19.8 Å². The van der Waals surface area contributed by atoms with Crippen molar-refractivity contribution in [2.24, 2.45) is 0 Å². The van der Waals surface area contributed by atoms with E-state index >= 15 is 0 Å². The lowest BCUT2D eigenvalue weighted by molar-refractivity contribution is -0.143. The summed E-state index contributed by atoms with van der Waals surface area (Å²) in [6, 6.07) is 0. The van der Waals surface area contributed by atoms with Gasteiger partial charge in [0, 0.05) is 18.7 Å². The fourth-order valence-electron chi connectivity index (χ4n) is 1.28. The van der Waals surface area contributed by atoms with Crippen LogP contribution in [-0.2, 0) is 9.53 Å². The van der Waals surface area contributed by atoms with E-state index in [9.17, 15) is 4.79 Å². The summed E-state index contributed by atoms with van der Waals surface area (Å²) in [5.74, 6) is -0.294. The molecule has 0 aromatic carbocycles. The average molecular weight is 227 g/mol. The van der Waals surface area contributed by atoms with Crippen LogP contribution in [0.1, 0.15) is 46.5 Å². The van der Waals surface area contributed by atoms with Crippen LogP contribution in [-0.4, -0.2) is 30.7 Å². The number of ether oxygens (including phenoxy) is 1. The SMILES string of the molecule is C=C(C)C(=O)OCN(CCCC)CCCC. The third kappa shape index (κ3) is 7.46. The van der Waals surface area contributed by atoms with Crippen molar-refractivity contribution in [1.82, 2.24) is 4.90 Å². The van der Waals surface area contributed by atoms with E-state index in [4.69, 9.17) is 4.74 Å². The molecule has 0 fully saturated rings. The minimum absolute atomic E-state index is 0.294. The van der Waals surface area contributed by atoms with Gasteiger partial charge in [-0.2, -0.15) is 0 Å². The summed E-state index contributed by atoms with van der Waals surface area (Å²) >= 11 is 0. The Balaban J connectivity index is 3.89. The normalized spacial score (nSPS) is 10.5. The molecule has 0 aromatic rings. The maximum Gasteiger partial charge on any atom is 0.334 e. The predicted molar refractivity (Wildman–Crippen MR) is 67.2 cm³/mol. The predicted octanol–water partition coefficient (Wildman–Crippen LogP) is 2.97. The zero-order valence-corrected chi connectivity index (χ0v) is 10.9. The van der Waals surface area contributed by atoms with E-state index in [1.54, 1.807) is 6.92 Å². The Bertz CT molecular complexity index is 206. The molecule has 0 atom stereocenters. The first-order valence-corrected chi connectivity index (χ1v) is 6.16. The Morgan fingerprint density at radius 2 is 1.69 bits per heavy atom. The molecule has 3 nitrogen and oxygen atoms in total. The molecule has 0 rings (SSSR count). The van der Waals surface area contributed by atoms with E-state index in [1.807, 2.05) is 0 Å². The molecular formula is C13H25NO2. The molecule has 0 saturated heterocycles. The third-order valence-corrected chi connectivity index (χ3v) is 2.38. The first kappa shape index (κ1) is 15.2. The van der Waals surface area contributed by atoms with Crippen LogP contribution in [0.15, 0.2) is 12.2 Å². The fourth-order valence-corrected chi connectivity index (χ4v) is 1.28. The zero-order chi connectivity index (χ0) is 12.4.